The monoisotopic (exact) mass is 273 g/mol. The van der Waals surface area contributed by atoms with Crippen LogP contribution in [0, 0.1) is 11.3 Å². The first-order valence-electron chi connectivity index (χ1n) is 6.38. The molecule has 0 aliphatic heterocycles. The van der Waals surface area contributed by atoms with Crippen molar-refractivity contribution in [2.75, 3.05) is 0 Å². The smallest absolute Gasteiger partial charge is 0.405 e. The van der Waals surface area contributed by atoms with Gasteiger partial charge in [0, 0.05) is 6.04 Å². The van der Waals surface area contributed by atoms with E-state index in [0.717, 1.165) is 11.1 Å². The maximum Gasteiger partial charge on any atom is 0.405 e. The molecular weight excluding hydrogens is 254 g/mol. The van der Waals surface area contributed by atoms with E-state index in [0.29, 0.717) is 19.3 Å². The van der Waals surface area contributed by atoms with Gasteiger partial charge in [0.1, 0.15) is 0 Å². The zero-order chi connectivity index (χ0) is 15.0. The maximum absolute atomic E-state index is 10.8. The number of carbonyl (C=O) groups is 1. The summed E-state index contributed by atoms with van der Waals surface area (Å²) in [6.07, 6.45) is 2.01. The van der Waals surface area contributed by atoms with Crippen LogP contribution in [0.3, 0.4) is 0 Å². The zero-order valence-electron chi connectivity index (χ0n) is 11.2. The summed E-state index contributed by atoms with van der Waals surface area (Å²) in [5.74, 6) is 0. The van der Waals surface area contributed by atoms with Crippen LogP contribution in [0.4, 0.5) is 4.79 Å². The lowest BCUT2D eigenvalue weighted by atomic mass is 9.98. The summed E-state index contributed by atoms with van der Waals surface area (Å²) in [4.78, 5) is 10.8. The Hall–Kier alpha value is -2.32. The molecule has 5 nitrogen and oxygen atoms in total. The topological polar surface area (TPSA) is 99.1 Å². The van der Waals surface area contributed by atoms with E-state index in [1.54, 1.807) is 6.08 Å². The van der Waals surface area contributed by atoms with E-state index in [2.05, 4.69) is 11.9 Å². The summed E-state index contributed by atoms with van der Waals surface area (Å²) in [7, 11) is 0. The highest BCUT2D eigenvalue weighted by Crippen LogP contribution is 2.19. The van der Waals surface area contributed by atoms with Gasteiger partial charge in [-0.2, -0.15) is 5.26 Å². The van der Waals surface area contributed by atoms with Crippen molar-refractivity contribution in [2.45, 2.75) is 31.3 Å². The predicted molar refractivity (Wildman–Crippen MR) is 77.1 cm³/mol. The Morgan fingerprint density at radius 1 is 1.60 bits per heavy atom. The molecule has 0 radical (unpaired) electrons. The van der Waals surface area contributed by atoms with Crippen LogP contribution in [0.5, 0.6) is 0 Å². The van der Waals surface area contributed by atoms with Gasteiger partial charge < -0.3 is 16.2 Å². The highest BCUT2D eigenvalue weighted by molar-refractivity contribution is 5.65. The largest absolute Gasteiger partial charge is 0.465 e. The Bertz CT molecular complexity index is 508. The Kier molecular flexibility index (Phi) is 6.27. The van der Waals surface area contributed by atoms with Crippen LogP contribution in [-0.2, 0) is 6.42 Å². The summed E-state index contributed by atoms with van der Waals surface area (Å²) < 4.78 is 0. The number of amides is 1. The number of hydrogen-bond donors (Lipinski definition) is 3. The van der Waals surface area contributed by atoms with E-state index in [1.807, 2.05) is 30.3 Å². The number of rotatable bonds is 7. The van der Waals surface area contributed by atoms with Crippen LogP contribution in [0.25, 0.3) is 0 Å². The second-order valence-electron chi connectivity index (χ2n) is 4.60. The van der Waals surface area contributed by atoms with Gasteiger partial charge in [-0.3, -0.25) is 0 Å². The molecule has 0 aliphatic rings. The van der Waals surface area contributed by atoms with Gasteiger partial charge in [0.05, 0.1) is 18.5 Å². The van der Waals surface area contributed by atoms with Crippen molar-refractivity contribution in [3.8, 4) is 6.07 Å². The van der Waals surface area contributed by atoms with Crippen LogP contribution in [0.2, 0.25) is 0 Å². The highest BCUT2D eigenvalue weighted by Gasteiger charge is 2.13. The van der Waals surface area contributed by atoms with Crippen LogP contribution in [0.1, 0.15) is 30.0 Å². The van der Waals surface area contributed by atoms with E-state index >= 15 is 0 Å². The fraction of sp³-hybridized carbons (Fsp3) is 0.333. The molecule has 0 saturated heterocycles. The molecule has 106 valence electrons. The third-order valence-electron chi connectivity index (χ3n) is 2.90. The number of nitrogens with zero attached hydrogens (tertiary/aromatic N) is 1. The summed E-state index contributed by atoms with van der Waals surface area (Å²) in [5.41, 5.74) is 7.69. The molecule has 2 atom stereocenters. The minimum atomic E-state index is -1.07. The first kappa shape index (κ1) is 15.7. The first-order chi connectivity index (χ1) is 9.56. The first-order valence-corrected chi connectivity index (χ1v) is 6.38. The van der Waals surface area contributed by atoms with E-state index in [9.17, 15) is 4.79 Å². The summed E-state index contributed by atoms with van der Waals surface area (Å²) in [6.45, 7) is 3.64. The number of benzene rings is 1. The molecule has 1 aromatic carbocycles. The lowest BCUT2D eigenvalue weighted by Crippen LogP contribution is -2.26. The van der Waals surface area contributed by atoms with Crippen molar-refractivity contribution in [2.24, 2.45) is 5.73 Å². The van der Waals surface area contributed by atoms with Crippen LogP contribution < -0.4 is 11.1 Å². The van der Waals surface area contributed by atoms with Gasteiger partial charge >= 0.3 is 6.09 Å². The van der Waals surface area contributed by atoms with Gasteiger partial charge in [0.25, 0.3) is 0 Å². The highest BCUT2D eigenvalue weighted by atomic mass is 16.4. The zero-order valence-corrected chi connectivity index (χ0v) is 11.2. The normalized spacial score (nSPS) is 13.0. The number of nitrogens with one attached hydrogen (secondary N) is 1. The minimum Gasteiger partial charge on any atom is -0.465 e. The summed E-state index contributed by atoms with van der Waals surface area (Å²) in [6, 6.07) is 9.08. The quantitative estimate of drug-likeness (QED) is 0.664. The summed E-state index contributed by atoms with van der Waals surface area (Å²) >= 11 is 0. The van der Waals surface area contributed by atoms with Crippen molar-refractivity contribution < 1.29 is 9.90 Å². The van der Waals surface area contributed by atoms with Gasteiger partial charge in [-0.05, 0) is 24.0 Å². The van der Waals surface area contributed by atoms with Gasteiger partial charge in [0.2, 0.25) is 0 Å². The van der Waals surface area contributed by atoms with Crippen LogP contribution in [0.15, 0.2) is 36.9 Å². The van der Waals surface area contributed by atoms with Crippen molar-refractivity contribution in [3.63, 3.8) is 0 Å². The second-order valence-corrected chi connectivity index (χ2v) is 4.60. The van der Waals surface area contributed by atoms with Gasteiger partial charge in [0.15, 0.2) is 0 Å². The van der Waals surface area contributed by atoms with Crippen LogP contribution >= 0.6 is 0 Å². The SMILES string of the molecule is C=CC[C@H](NC(=O)O)c1cccc(C[C@@H](N)CC#N)c1. The van der Waals surface area contributed by atoms with Crippen molar-refractivity contribution in [1.29, 1.82) is 5.26 Å². The molecule has 0 fully saturated rings. The second kappa shape index (κ2) is 7.97. The van der Waals surface area contributed by atoms with Gasteiger partial charge in [-0.1, -0.05) is 30.3 Å². The molecule has 4 N–H and O–H groups in total. The fourth-order valence-electron chi connectivity index (χ4n) is 2.02. The fourth-order valence-corrected chi connectivity index (χ4v) is 2.02. The maximum atomic E-state index is 10.8. The lowest BCUT2D eigenvalue weighted by molar-refractivity contribution is 0.190. The minimum absolute atomic E-state index is 0.208. The van der Waals surface area contributed by atoms with Crippen molar-refractivity contribution in [1.82, 2.24) is 5.32 Å². The molecule has 1 amide bonds. The van der Waals surface area contributed by atoms with Crippen LogP contribution in [-0.4, -0.2) is 17.2 Å². The van der Waals surface area contributed by atoms with Gasteiger partial charge in [-0.25, -0.2) is 4.79 Å². The van der Waals surface area contributed by atoms with Crippen molar-refractivity contribution >= 4 is 6.09 Å². The summed E-state index contributed by atoms with van der Waals surface area (Å²) in [5, 5.41) is 19.9. The molecule has 0 bridgehead atoms. The van der Waals surface area contributed by atoms with E-state index in [4.69, 9.17) is 16.1 Å². The molecule has 1 rings (SSSR count). The molecule has 0 heterocycles. The average Bonchev–Trinajstić information content (AvgIpc) is 2.38. The Balaban J connectivity index is 2.86. The molecular formula is C15H19N3O2. The molecule has 0 saturated carbocycles. The molecule has 5 heteroatoms. The molecule has 0 spiro atoms. The molecule has 0 aromatic heterocycles. The van der Waals surface area contributed by atoms with Crippen molar-refractivity contribution in [3.05, 3.63) is 48.0 Å². The third kappa shape index (κ3) is 5.12. The molecule has 1 aromatic rings. The molecule has 0 aliphatic carbocycles. The average molecular weight is 273 g/mol. The Labute approximate surface area is 118 Å². The molecule has 0 unspecified atom stereocenters. The standard InChI is InChI=1S/C15H19N3O2/c1-2-4-14(18-15(19)20)12-6-3-5-11(9-12)10-13(17)7-8-16/h2-3,5-6,9,13-14,18H,1,4,7,10,17H2,(H,19,20)/t13-,14-/m0/s1. The van der Waals surface area contributed by atoms with E-state index < -0.39 is 6.09 Å². The lowest BCUT2D eigenvalue weighted by Gasteiger charge is -2.17. The Morgan fingerprint density at radius 3 is 2.95 bits per heavy atom. The molecule has 20 heavy (non-hydrogen) atoms. The Morgan fingerprint density at radius 2 is 2.35 bits per heavy atom. The predicted octanol–water partition coefficient (Wildman–Crippen LogP) is 2.35. The van der Waals surface area contributed by atoms with E-state index in [1.165, 1.54) is 0 Å². The number of nitrogens with two attached hydrogens (primary N) is 1. The third-order valence-corrected chi connectivity index (χ3v) is 2.90. The van der Waals surface area contributed by atoms with E-state index in [-0.39, 0.29) is 12.1 Å². The number of carboxylic acid groups (broad SMARTS) is 1. The number of nitriles is 1. The number of hydrogen-bond acceptors (Lipinski definition) is 3. The van der Waals surface area contributed by atoms with Gasteiger partial charge in [-0.15, -0.1) is 6.58 Å².